The third-order valence-electron chi connectivity index (χ3n) is 3.59. The van der Waals surface area contributed by atoms with Crippen LogP contribution in [-0.4, -0.2) is 19.3 Å². The first-order valence-corrected chi connectivity index (χ1v) is 6.33. The number of halogens is 2. The molecule has 0 aliphatic heterocycles. The van der Waals surface area contributed by atoms with Crippen LogP contribution in [0, 0.1) is 11.6 Å². The minimum atomic E-state index is -0.528. The van der Waals surface area contributed by atoms with Gasteiger partial charge in [-0.1, -0.05) is 0 Å². The van der Waals surface area contributed by atoms with Crippen molar-refractivity contribution in [3.63, 3.8) is 0 Å². The fourth-order valence-electron chi connectivity index (χ4n) is 2.58. The predicted molar refractivity (Wildman–Crippen MR) is 66.3 cm³/mol. The van der Waals surface area contributed by atoms with Gasteiger partial charge in [-0.3, -0.25) is 0 Å². The lowest BCUT2D eigenvalue weighted by Crippen LogP contribution is -2.30. The molecule has 1 saturated carbocycles. The molecule has 0 bridgehead atoms. The van der Waals surface area contributed by atoms with Crippen LogP contribution in [-0.2, 0) is 4.74 Å². The zero-order valence-electron chi connectivity index (χ0n) is 10.7. The molecule has 1 aromatic carbocycles. The Hall–Kier alpha value is -1.00. The third kappa shape index (κ3) is 3.27. The zero-order chi connectivity index (χ0) is 13.1. The highest BCUT2D eigenvalue weighted by Crippen LogP contribution is 2.25. The minimum Gasteiger partial charge on any atom is -0.381 e. The Labute approximate surface area is 106 Å². The average Bonchev–Trinajstić information content (AvgIpc) is 2.75. The Morgan fingerprint density at radius 2 is 1.89 bits per heavy atom. The molecule has 3 unspecified atom stereocenters. The van der Waals surface area contributed by atoms with Crippen LogP contribution in [0.25, 0.3) is 0 Å². The third-order valence-corrected chi connectivity index (χ3v) is 3.59. The number of benzene rings is 1. The van der Waals surface area contributed by atoms with Crippen LogP contribution in [0.3, 0.4) is 0 Å². The van der Waals surface area contributed by atoms with E-state index in [1.54, 1.807) is 7.11 Å². The molecule has 4 heteroatoms. The van der Waals surface area contributed by atoms with Crippen LogP contribution in [0.15, 0.2) is 18.2 Å². The second-order valence-corrected chi connectivity index (χ2v) is 4.96. The maximum atomic E-state index is 13.1. The lowest BCUT2D eigenvalue weighted by molar-refractivity contribution is 0.106. The highest BCUT2D eigenvalue weighted by atomic mass is 19.1. The fourth-order valence-corrected chi connectivity index (χ4v) is 2.58. The van der Waals surface area contributed by atoms with Gasteiger partial charge < -0.3 is 10.1 Å². The van der Waals surface area contributed by atoms with E-state index in [4.69, 9.17) is 4.74 Å². The highest BCUT2D eigenvalue weighted by Gasteiger charge is 2.25. The van der Waals surface area contributed by atoms with E-state index in [2.05, 4.69) is 5.32 Å². The summed E-state index contributed by atoms with van der Waals surface area (Å²) in [5.41, 5.74) is 0.647. The number of hydrogen-bond donors (Lipinski definition) is 1. The summed E-state index contributed by atoms with van der Waals surface area (Å²) in [6.07, 6.45) is 3.34. The van der Waals surface area contributed by atoms with Crippen molar-refractivity contribution >= 4 is 0 Å². The molecule has 1 N–H and O–H groups in total. The van der Waals surface area contributed by atoms with Crippen molar-refractivity contribution in [1.29, 1.82) is 0 Å². The number of hydrogen-bond acceptors (Lipinski definition) is 2. The van der Waals surface area contributed by atoms with Gasteiger partial charge in [0.1, 0.15) is 11.6 Å². The summed E-state index contributed by atoms with van der Waals surface area (Å²) in [6.45, 7) is 1.92. The Morgan fingerprint density at radius 1 is 1.22 bits per heavy atom. The van der Waals surface area contributed by atoms with Gasteiger partial charge in [-0.25, -0.2) is 8.78 Å². The quantitative estimate of drug-likeness (QED) is 0.892. The first kappa shape index (κ1) is 13.4. The largest absolute Gasteiger partial charge is 0.381 e. The molecule has 1 aliphatic carbocycles. The maximum Gasteiger partial charge on any atom is 0.126 e. The first-order chi connectivity index (χ1) is 8.58. The smallest absolute Gasteiger partial charge is 0.126 e. The van der Waals surface area contributed by atoms with E-state index in [0.717, 1.165) is 25.3 Å². The van der Waals surface area contributed by atoms with Crippen LogP contribution in [0.4, 0.5) is 8.78 Å². The number of methoxy groups -OCH3 is 1. The van der Waals surface area contributed by atoms with Gasteiger partial charge in [0.2, 0.25) is 0 Å². The van der Waals surface area contributed by atoms with Crippen molar-refractivity contribution in [2.24, 2.45) is 0 Å². The molecule has 0 spiro atoms. The van der Waals surface area contributed by atoms with Gasteiger partial charge >= 0.3 is 0 Å². The molecule has 0 saturated heterocycles. The molecule has 0 heterocycles. The standard InChI is InChI=1S/C14H19F2NO/c1-9(10-5-11(15)7-12(16)6-10)17-13-3-4-14(8-13)18-2/h5-7,9,13-14,17H,3-4,8H2,1-2H3. The molecule has 1 fully saturated rings. The summed E-state index contributed by atoms with van der Waals surface area (Å²) in [6, 6.07) is 3.95. The van der Waals surface area contributed by atoms with Gasteiger partial charge in [0.25, 0.3) is 0 Å². The van der Waals surface area contributed by atoms with E-state index in [1.807, 2.05) is 6.92 Å². The van der Waals surface area contributed by atoms with Gasteiger partial charge in [0.05, 0.1) is 6.10 Å². The second-order valence-electron chi connectivity index (χ2n) is 4.96. The summed E-state index contributed by atoms with van der Waals surface area (Å²) >= 11 is 0. The zero-order valence-corrected chi connectivity index (χ0v) is 10.7. The van der Waals surface area contributed by atoms with Crippen molar-refractivity contribution in [3.05, 3.63) is 35.4 Å². The van der Waals surface area contributed by atoms with E-state index in [9.17, 15) is 8.78 Å². The van der Waals surface area contributed by atoms with Gasteiger partial charge in [-0.05, 0) is 43.9 Å². The number of nitrogens with one attached hydrogen (secondary N) is 1. The second kappa shape index (κ2) is 5.76. The van der Waals surface area contributed by atoms with Crippen molar-refractivity contribution in [3.8, 4) is 0 Å². The van der Waals surface area contributed by atoms with E-state index in [0.29, 0.717) is 17.7 Å². The topological polar surface area (TPSA) is 21.3 Å². The van der Waals surface area contributed by atoms with E-state index in [1.165, 1.54) is 12.1 Å². The molecule has 0 aromatic heterocycles. The monoisotopic (exact) mass is 255 g/mol. The molecule has 0 radical (unpaired) electrons. The predicted octanol–water partition coefficient (Wildman–Crippen LogP) is 3.18. The Balaban J connectivity index is 1.97. The van der Waals surface area contributed by atoms with Gasteiger partial charge in [0, 0.05) is 25.3 Å². The number of ether oxygens (including phenoxy) is 1. The number of rotatable bonds is 4. The summed E-state index contributed by atoms with van der Waals surface area (Å²) in [5.74, 6) is -1.06. The normalized spacial score (nSPS) is 25.3. The summed E-state index contributed by atoms with van der Waals surface area (Å²) in [5, 5.41) is 3.40. The molecule has 18 heavy (non-hydrogen) atoms. The fraction of sp³-hybridized carbons (Fsp3) is 0.571. The highest BCUT2D eigenvalue weighted by molar-refractivity contribution is 5.21. The summed E-state index contributed by atoms with van der Waals surface area (Å²) < 4.78 is 31.6. The van der Waals surface area contributed by atoms with Crippen molar-refractivity contribution in [2.75, 3.05) is 7.11 Å². The molecule has 3 atom stereocenters. The molecule has 1 aromatic rings. The Morgan fingerprint density at radius 3 is 2.44 bits per heavy atom. The van der Waals surface area contributed by atoms with E-state index < -0.39 is 11.6 Å². The molecular weight excluding hydrogens is 236 g/mol. The average molecular weight is 255 g/mol. The van der Waals surface area contributed by atoms with Crippen molar-refractivity contribution in [1.82, 2.24) is 5.32 Å². The van der Waals surface area contributed by atoms with E-state index in [-0.39, 0.29) is 6.04 Å². The van der Waals surface area contributed by atoms with Gasteiger partial charge in [0.15, 0.2) is 0 Å². The van der Waals surface area contributed by atoms with E-state index >= 15 is 0 Å². The van der Waals surface area contributed by atoms with Crippen LogP contribution >= 0.6 is 0 Å². The molecule has 1 aliphatic rings. The van der Waals surface area contributed by atoms with Crippen molar-refractivity contribution in [2.45, 2.75) is 44.4 Å². The van der Waals surface area contributed by atoms with Crippen LogP contribution < -0.4 is 5.32 Å². The summed E-state index contributed by atoms with van der Waals surface area (Å²) in [7, 11) is 1.72. The van der Waals surface area contributed by atoms with Crippen molar-refractivity contribution < 1.29 is 13.5 Å². The molecule has 0 amide bonds. The molecular formula is C14H19F2NO. The maximum absolute atomic E-state index is 13.1. The molecule has 100 valence electrons. The Kier molecular flexibility index (Phi) is 4.30. The van der Waals surface area contributed by atoms with Gasteiger partial charge in [-0.2, -0.15) is 0 Å². The lowest BCUT2D eigenvalue weighted by Gasteiger charge is -2.20. The summed E-state index contributed by atoms with van der Waals surface area (Å²) in [4.78, 5) is 0. The van der Waals surface area contributed by atoms with Crippen LogP contribution in [0.2, 0.25) is 0 Å². The lowest BCUT2D eigenvalue weighted by atomic mass is 10.1. The van der Waals surface area contributed by atoms with Gasteiger partial charge in [-0.15, -0.1) is 0 Å². The SMILES string of the molecule is COC1CCC(NC(C)c2cc(F)cc(F)c2)C1. The minimum absolute atomic E-state index is 0.0594. The van der Waals surface area contributed by atoms with Crippen LogP contribution in [0.1, 0.15) is 37.8 Å². The molecule has 2 rings (SSSR count). The Bertz CT molecular complexity index is 391. The van der Waals surface area contributed by atoms with Crippen LogP contribution in [0.5, 0.6) is 0 Å². The first-order valence-electron chi connectivity index (χ1n) is 6.33. The molecule has 2 nitrogen and oxygen atoms in total.